The van der Waals surface area contributed by atoms with E-state index in [0.29, 0.717) is 19.3 Å². The monoisotopic (exact) mass is 309 g/mol. The zero-order chi connectivity index (χ0) is 15.7. The molecule has 120 valence electrons. The van der Waals surface area contributed by atoms with Gasteiger partial charge in [-0.1, -0.05) is 48.5 Å². The molecule has 23 heavy (non-hydrogen) atoms. The Morgan fingerprint density at radius 1 is 1.00 bits per heavy atom. The Balaban J connectivity index is 1.44. The SMILES string of the molecule is CC1(c2ccc(CC3Cc4ccccc4CN3)cc2)OCCO1. The summed E-state index contributed by atoms with van der Waals surface area (Å²) >= 11 is 0. The molecule has 0 aliphatic carbocycles. The van der Waals surface area contributed by atoms with E-state index < -0.39 is 5.79 Å². The molecule has 1 atom stereocenters. The lowest BCUT2D eigenvalue weighted by molar-refractivity contribution is -0.149. The quantitative estimate of drug-likeness (QED) is 0.945. The number of hydrogen-bond acceptors (Lipinski definition) is 3. The van der Waals surface area contributed by atoms with Crippen molar-refractivity contribution in [3.8, 4) is 0 Å². The maximum atomic E-state index is 5.72. The fourth-order valence-corrected chi connectivity index (χ4v) is 3.57. The van der Waals surface area contributed by atoms with Gasteiger partial charge in [-0.2, -0.15) is 0 Å². The molecule has 2 heterocycles. The second-order valence-electron chi connectivity index (χ2n) is 6.59. The molecule has 1 N–H and O–H groups in total. The first-order chi connectivity index (χ1) is 11.2. The van der Waals surface area contributed by atoms with E-state index >= 15 is 0 Å². The summed E-state index contributed by atoms with van der Waals surface area (Å²) in [6.45, 7) is 4.31. The van der Waals surface area contributed by atoms with Crippen molar-refractivity contribution >= 4 is 0 Å². The van der Waals surface area contributed by atoms with E-state index in [4.69, 9.17) is 9.47 Å². The number of benzene rings is 2. The van der Waals surface area contributed by atoms with E-state index in [1.807, 2.05) is 6.92 Å². The van der Waals surface area contributed by atoms with Gasteiger partial charge in [-0.05, 0) is 36.5 Å². The average molecular weight is 309 g/mol. The highest BCUT2D eigenvalue weighted by Crippen LogP contribution is 2.31. The van der Waals surface area contributed by atoms with Gasteiger partial charge >= 0.3 is 0 Å². The summed E-state index contributed by atoms with van der Waals surface area (Å²) in [5.74, 6) is -0.569. The molecule has 4 rings (SSSR count). The number of ether oxygens (including phenoxy) is 2. The summed E-state index contributed by atoms with van der Waals surface area (Å²) < 4.78 is 11.4. The van der Waals surface area contributed by atoms with Gasteiger partial charge < -0.3 is 14.8 Å². The molecule has 0 radical (unpaired) electrons. The molecule has 2 aliphatic rings. The first-order valence-electron chi connectivity index (χ1n) is 8.40. The van der Waals surface area contributed by atoms with Crippen LogP contribution >= 0.6 is 0 Å². The second kappa shape index (κ2) is 6.08. The van der Waals surface area contributed by atoms with Crippen molar-refractivity contribution < 1.29 is 9.47 Å². The largest absolute Gasteiger partial charge is 0.344 e. The van der Waals surface area contributed by atoms with Crippen molar-refractivity contribution in [1.82, 2.24) is 5.32 Å². The van der Waals surface area contributed by atoms with Crippen LogP contribution in [0.15, 0.2) is 48.5 Å². The smallest absolute Gasteiger partial charge is 0.192 e. The molecule has 3 heteroatoms. The van der Waals surface area contributed by atoms with Crippen molar-refractivity contribution in [3.05, 3.63) is 70.8 Å². The molecule has 3 nitrogen and oxygen atoms in total. The first-order valence-corrected chi connectivity index (χ1v) is 8.40. The molecule has 0 aromatic heterocycles. The summed E-state index contributed by atoms with van der Waals surface area (Å²) in [4.78, 5) is 0. The van der Waals surface area contributed by atoms with Gasteiger partial charge in [0.05, 0.1) is 13.2 Å². The predicted octanol–water partition coefficient (Wildman–Crippen LogP) is 3.16. The lowest BCUT2D eigenvalue weighted by Gasteiger charge is -2.27. The third-order valence-electron chi connectivity index (χ3n) is 4.96. The number of nitrogens with one attached hydrogen (secondary N) is 1. The summed E-state index contributed by atoms with van der Waals surface area (Å²) in [5, 5.41) is 3.65. The van der Waals surface area contributed by atoms with E-state index in [9.17, 15) is 0 Å². The minimum atomic E-state index is -0.569. The third kappa shape index (κ3) is 3.05. The highest BCUT2D eigenvalue weighted by molar-refractivity contribution is 5.31. The van der Waals surface area contributed by atoms with Gasteiger partial charge in [0.15, 0.2) is 5.79 Å². The number of fused-ring (bicyclic) bond motifs is 1. The number of rotatable bonds is 3. The van der Waals surface area contributed by atoms with Crippen LogP contribution in [0.1, 0.15) is 29.2 Å². The molecule has 1 fully saturated rings. The van der Waals surface area contributed by atoms with Gasteiger partial charge in [0.25, 0.3) is 0 Å². The normalized spacial score (nSPS) is 22.7. The third-order valence-corrected chi connectivity index (χ3v) is 4.96. The lowest BCUT2D eigenvalue weighted by Crippen LogP contribution is -2.37. The Hall–Kier alpha value is -1.68. The molecular formula is C20H23NO2. The summed E-state index contributed by atoms with van der Waals surface area (Å²) in [7, 11) is 0. The maximum Gasteiger partial charge on any atom is 0.192 e. The van der Waals surface area contributed by atoms with Crippen LogP contribution in [-0.4, -0.2) is 19.3 Å². The Bertz CT molecular complexity index is 674. The van der Waals surface area contributed by atoms with E-state index in [-0.39, 0.29) is 0 Å². The van der Waals surface area contributed by atoms with Crippen LogP contribution in [0.3, 0.4) is 0 Å². The zero-order valence-electron chi connectivity index (χ0n) is 13.5. The maximum absolute atomic E-state index is 5.72. The van der Waals surface area contributed by atoms with Crippen LogP contribution < -0.4 is 5.32 Å². The van der Waals surface area contributed by atoms with Gasteiger partial charge in [-0.15, -0.1) is 0 Å². The fourth-order valence-electron chi connectivity index (χ4n) is 3.57. The zero-order valence-corrected chi connectivity index (χ0v) is 13.5. The van der Waals surface area contributed by atoms with Gasteiger partial charge in [0.2, 0.25) is 0 Å². The molecular weight excluding hydrogens is 286 g/mol. The summed E-state index contributed by atoms with van der Waals surface area (Å²) in [5.41, 5.74) is 5.36. The lowest BCUT2D eigenvalue weighted by atomic mass is 9.92. The molecule has 2 aromatic carbocycles. The van der Waals surface area contributed by atoms with E-state index in [1.165, 1.54) is 16.7 Å². The molecule has 0 bridgehead atoms. The van der Waals surface area contributed by atoms with Crippen molar-refractivity contribution in [3.63, 3.8) is 0 Å². The first kappa shape index (κ1) is 14.9. The topological polar surface area (TPSA) is 30.5 Å². The molecule has 0 spiro atoms. The molecule has 1 unspecified atom stereocenters. The Morgan fingerprint density at radius 2 is 1.70 bits per heavy atom. The minimum Gasteiger partial charge on any atom is -0.344 e. The van der Waals surface area contributed by atoms with E-state index in [2.05, 4.69) is 53.8 Å². The molecule has 2 aliphatic heterocycles. The van der Waals surface area contributed by atoms with Crippen molar-refractivity contribution in [2.45, 2.75) is 38.1 Å². The van der Waals surface area contributed by atoms with Crippen molar-refractivity contribution in [2.24, 2.45) is 0 Å². The molecule has 1 saturated heterocycles. The predicted molar refractivity (Wildman–Crippen MR) is 90.2 cm³/mol. The van der Waals surface area contributed by atoms with Gasteiger partial charge in [-0.25, -0.2) is 0 Å². The fraction of sp³-hybridized carbons (Fsp3) is 0.400. The Kier molecular flexibility index (Phi) is 3.93. The molecule has 0 saturated carbocycles. The molecule has 2 aromatic rings. The standard InChI is InChI=1S/C20H23NO2/c1-20(22-10-11-23-20)18-8-6-15(7-9-18)12-19-13-16-4-2-3-5-17(16)14-21-19/h2-9,19,21H,10-14H2,1H3. The molecule has 0 amide bonds. The Morgan fingerprint density at radius 3 is 2.43 bits per heavy atom. The van der Waals surface area contributed by atoms with Gasteiger partial charge in [0, 0.05) is 18.2 Å². The minimum absolute atomic E-state index is 0.505. The second-order valence-corrected chi connectivity index (χ2v) is 6.59. The van der Waals surface area contributed by atoms with Crippen LogP contribution in [-0.2, 0) is 34.6 Å². The number of hydrogen-bond donors (Lipinski definition) is 1. The van der Waals surface area contributed by atoms with Crippen LogP contribution in [0.2, 0.25) is 0 Å². The highest BCUT2D eigenvalue weighted by atomic mass is 16.7. The summed E-state index contributed by atoms with van der Waals surface area (Å²) in [6, 6.07) is 17.9. The Labute approximate surface area is 137 Å². The van der Waals surface area contributed by atoms with Crippen molar-refractivity contribution in [2.75, 3.05) is 13.2 Å². The van der Waals surface area contributed by atoms with Crippen LogP contribution in [0.5, 0.6) is 0 Å². The van der Waals surface area contributed by atoms with Crippen LogP contribution in [0.25, 0.3) is 0 Å². The van der Waals surface area contributed by atoms with Gasteiger partial charge in [-0.3, -0.25) is 0 Å². The van der Waals surface area contributed by atoms with Crippen LogP contribution in [0, 0.1) is 0 Å². The van der Waals surface area contributed by atoms with E-state index in [0.717, 1.165) is 24.9 Å². The van der Waals surface area contributed by atoms with Gasteiger partial charge in [0.1, 0.15) is 0 Å². The average Bonchev–Trinajstić information content (AvgIpc) is 3.03. The highest BCUT2D eigenvalue weighted by Gasteiger charge is 2.32. The van der Waals surface area contributed by atoms with E-state index in [1.54, 1.807) is 0 Å². The van der Waals surface area contributed by atoms with Crippen LogP contribution in [0.4, 0.5) is 0 Å². The summed E-state index contributed by atoms with van der Waals surface area (Å²) in [6.07, 6.45) is 2.15. The van der Waals surface area contributed by atoms with Crippen molar-refractivity contribution in [1.29, 1.82) is 0 Å².